The maximum Gasteiger partial charge on any atom is 0.341 e. The number of aliphatic hydroxyl groups excluding tert-OH is 1. The Morgan fingerprint density at radius 2 is 2.00 bits per heavy atom. The summed E-state index contributed by atoms with van der Waals surface area (Å²) in [7, 11) is 0. The predicted molar refractivity (Wildman–Crippen MR) is 129 cm³/mol. The molecule has 1 aliphatic heterocycles. The van der Waals surface area contributed by atoms with Crippen molar-refractivity contribution in [2.75, 3.05) is 24.5 Å². The van der Waals surface area contributed by atoms with E-state index < -0.39 is 28.6 Å². The summed E-state index contributed by atoms with van der Waals surface area (Å²) in [6.07, 6.45) is 2.69. The van der Waals surface area contributed by atoms with Gasteiger partial charge in [0.05, 0.1) is 23.2 Å². The van der Waals surface area contributed by atoms with E-state index in [-0.39, 0.29) is 54.6 Å². The molecule has 2 aromatic heterocycles. The van der Waals surface area contributed by atoms with Crippen molar-refractivity contribution in [1.82, 2.24) is 14.5 Å². The summed E-state index contributed by atoms with van der Waals surface area (Å²) in [5.74, 6) is -3.34. The number of piperazine rings is 1. The van der Waals surface area contributed by atoms with Crippen LogP contribution in [0.25, 0.3) is 10.9 Å². The fraction of sp³-hybridized carbons (Fsp3) is 0.400. The number of fused-ring (bicyclic) bond motifs is 1. The number of pyridine rings is 2. The van der Waals surface area contributed by atoms with Crippen molar-refractivity contribution in [3.63, 3.8) is 0 Å². The Hall–Kier alpha value is -3.57. The van der Waals surface area contributed by atoms with Crippen LogP contribution in [0.4, 0.5) is 14.5 Å². The number of nitrogens with zero attached hydrogens (tertiary/aromatic N) is 4. The summed E-state index contributed by atoms with van der Waals surface area (Å²) in [6, 6.07) is 0.769. The Balaban J connectivity index is 1.67. The molecular formula is C25H28F2N4O5. The van der Waals surface area contributed by atoms with Crippen molar-refractivity contribution in [3.8, 4) is 5.75 Å². The summed E-state index contributed by atoms with van der Waals surface area (Å²) in [4.78, 5) is 31.9. The van der Waals surface area contributed by atoms with Gasteiger partial charge in [0.15, 0.2) is 5.82 Å². The molecule has 1 aliphatic rings. The number of aliphatic hydroxyl groups is 1. The molecule has 3 N–H and O–H groups in total. The van der Waals surface area contributed by atoms with Gasteiger partial charge in [-0.1, -0.05) is 0 Å². The van der Waals surface area contributed by atoms with E-state index in [2.05, 4.69) is 9.88 Å². The fourth-order valence-electron chi connectivity index (χ4n) is 4.82. The number of anilines is 1. The van der Waals surface area contributed by atoms with E-state index in [1.54, 1.807) is 24.9 Å². The molecule has 3 aromatic rings. The van der Waals surface area contributed by atoms with Crippen LogP contribution >= 0.6 is 0 Å². The van der Waals surface area contributed by atoms with Gasteiger partial charge in [-0.2, -0.15) is 0 Å². The van der Waals surface area contributed by atoms with E-state index in [0.29, 0.717) is 29.9 Å². The topological polar surface area (TPSA) is 119 Å². The highest BCUT2D eigenvalue weighted by Gasteiger charge is 2.30. The lowest BCUT2D eigenvalue weighted by Gasteiger charge is -2.41. The maximum atomic E-state index is 15.8. The zero-order valence-electron chi connectivity index (χ0n) is 20.3. The van der Waals surface area contributed by atoms with E-state index in [9.17, 15) is 24.9 Å². The molecule has 0 saturated carbocycles. The summed E-state index contributed by atoms with van der Waals surface area (Å²) in [5.41, 5.74) is -0.371. The number of halogens is 2. The molecule has 0 aliphatic carbocycles. The van der Waals surface area contributed by atoms with Crippen LogP contribution in [0.1, 0.15) is 41.0 Å². The molecule has 0 spiro atoms. The number of carboxylic acid groups (broad SMARTS) is 1. The van der Waals surface area contributed by atoms with Crippen molar-refractivity contribution in [2.45, 2.75) is 46.5 Å². The summed E-state index contributed by atoms with van der Waals surface area (Å²) >= 11 is 0. The molecule has 1 aromatic carbocycles. The van der Waals surface area contributed by atoms with Crippen LogP contribution in [0.2, 0.25) is 0 Å². The number of aromatic hydroxyl groups is 1. The van der Waals surface area contributed by atoms with Crippen LogP contribution in [0.3, 0.4) is 0 Å². The maximum absolute atomic E-state index is 15.8. The van der Waals surface area contributed by atoms with Gasteiger partial charge in [-0.3, -0.25) is 14.7 Å². The number of aromatic nitrogens is 2. The average molecular weight is 503 g/mol. The third kappa shape index (κ3) is 4.28. The normalized spacial score (nSPS) is 16.6. The highest BCUT2D eigenvalue weighted by Crippen LogP contribution is 2.32. The standard InChI is InChI=1S/C25H28F2N4O5/c1-4-29-11-17(25(35)36)24(34)16-7-19(26)22(20(27)21(16)29)31-6-5-30(13(2)9-31)10-15-8-28-14(3)23(33)18(15)12-32/h7-8,11,13,32-33H,4-6,9-10,12H2,1-3H3,(H,35,36). The molecule has 0 radical (unpaired) electrons. The van der Waals surface area contributed by atoms with E-state index in [1.165, 1.54) is 4.57 Å². The van der Waals surface area contributed by atoms with Gasteiger partial charge >= 0.3 is 5.97 Å². The molecular weight excluding hydrogens is 474 g/mol. The average Bonchev–Trinajstić information content (AvgIpc) is 2.83. The van der Waals surface area contributed by atoms with Crippen LogP contribution in [0.5, 0.6) is 5.75 Å². The number of rotatable bonds is 6. The van der Waals surface area contributed by atoms with Crippen molar-refractivity contribution < 1.29 is 28.9 Å². The molecule has 1 atom stereocenters. The third-order valence-electron chi connectivity index (χ3n) is 6.84. The van der Waals surface area contributed by atoms with Gasteiger partial charge in [0.2, 0.25) is 5.43 Å². The summed E-state index contributed by atoms with van der Waals surface area (Å²) < 4.78 is 32.3. The van der Waals surface area contributed by atoms with Crippen LogP contribution < -0.4 is 10.3 Å². The Kier molecular flexibility index (Phi) is 6.96. The Morgan fingerprint density at radius 1 is 1.28 bits per heavy atom. The lowest BCUT2D eigenvalue weighted by Crippen LogP contribution is -2.52. The zero-order valence-corrected chi connectivity index (χ0v) is 20.3. The summed E-state index contributed by atoms with van der Waals surface area (Å²) in [5, 5.41) is 28.9. The largest absolute Gasteiger partial charge is 0.506 e. The molecule has 36 heavy (non-hydrogen) atoms. The molecule has 11 heteroatoms. The first-order valence-corrected chi connectivity index (χ1v) is 11.6. The minimum absolute atomic E-state index is 0.0466. The van der Waals surface area contributed by atoms with Crippen LogP contribution in [-0.2, 0) is 19.7 Å². The van der Waals surface area contributed by atoms with E-state index in [4.69, 9.17) is 0 Å². The second-order valence-corrected chi connectivity index (χ2v) is 9.00. The number of benzene rings is 1. The van der Waals surface area contributed by atoms with Crippen molar-refractivity contribution in [1.29, 1.82) is 0 Å². The number of aryl methyl sites for hydroxylation is 2. The Bertz CT molecular complexity index is 1410. The third-order valence-corrected chi connectivity index (χ3v) is 6.84. The van der Waals surface area contributed by atoms with Gasteiger partial charge in [0.1, 0.15) is 22.8 Å². The highest BCUT2D eigenvalue weighted by molar-refractivity contribution is 5.93. The van der Waals surface area contributed by atoms with Crippen molar-refractivity contribution in [2.24, 2.45) is 0 Å². The number of hydrogen-bond donors (Lipinski definition) is 3. The number of aromatic carboxylic acids is 1. The number of carboxylic acids is 1. The van der Waals surface area contributed by atoms with Gasteiger partial charge in [0.25, 0.3) is 0 Å². The quantitative estimate of drug-likeness (QED) is 0.471. The predicted octanol–water partition coefficient (Wildman–Crippen LogP) is 2.61. The molecule has 1 unspecified atom stereocenters. The smallest absolute Gasteiger partial charge is 0.341 e. The molecule has 1 fully saturated rings. The number of hydrogen-bond acceptors (Lipinski definition) is 7. The zero-order chi connectivity index (χ0) is 26.3. The minimum Gasteiger partial charge on any atom is -0.506 e. The lowest BCUT2D eigenvalue weighted by molar-refractivity contribution is 0.0694. The van der Waals surface area contributed by atoms with E-state index in [1.807, 2.05) is 6.92 Å². The van der Waals surface area contributed by atoms with Gasteiger partial charge in [-0.25, -0.2) is 13.6 Å². The molecule has 9 nitrogen and oxygen atoms in total. The van der Waals surface area contributed by atoms with Crippen LogP contribution in [0.15, 0.2) is 23.3 Å². The Labute approximate surface area is 205 Å². The first-order valence-electron chi connectivity index (χ1n) is 11.6. The fourth-order valence-corrected chi connectivity index (χ4v) is 4.82. The van der Waals surface area contributed by atoms with E-state index >= 15 is 8.78 Å². The molecule has 192 valence electrons. The molecule has 0 amide bonds. The SMILES string of the molecule is CCn1cc(C(=O)O)c(=O)c2cc(F)c(N3CCN(Cc4cnc(C)c(O)c4CO)C(C)C3)c(F)c21. The highest BCUT2D eigenvalue weighted by atomic mass is 19.1. The monoisotopic (exact) mass is 502 g/mol. The molecule has 3 heterocycles. The minimum atomic E-state index is -1.46. The Morgan fingerprint density at radius 3 is 2.61 bits per heavy atom. The molecule has 1 saturated heterocycles. The first kappa shape index (κ1) is 25.5. The van der Waals surface area contributed by atoms with E-state index in [0.717, 1.165) is 12.3 Å². The van der Waals surface area contributed by atoms with Gasteiger partial charge in [-0.15, -0.1) is 0 Å². The second-order valence-electron chi connectivity index (χ2n) is 9.00. The van der Waals surface area contributed by atoms with Gasteiger partial charge in [-0.05, 0) is 32.4 Å². The molecule has 4 rings (SSSR count). The van der Waals surface area contributed by atoms with Gasteiger partial charge < -0.3 is 24.8 Å². The van der Waals surface area contributed by atoms with Crippen LogP contribution in [0, 0.1) is 18.6 Å². The van der Waals surface area contributed by atoms with Crippen molar-refractivity contribution in [3.05, 3.63) is 62.7 Å². The van der Waals surface area contributed by atoms with Gasteiger partial charge in [0, 0.05) is 56.7 Å². The molecule has 0 bridgehead atoms. The van der Waals surface area contributed by atoms with Crippen molar-refractivity contribution >= 4 is 22.6 Å². The first-order chi connectivity index (χ1) is 17.1. The van der Waals surface area contributed by atoms with Crippen LogP contribution in [-0.4, -0.2) is 61.4 Å². The lowest BCUT2D eigenvalue weighted by atomic mass is 10.0. The second kappa shape index (κ2) is 9.82. The number of carbonyl (C=O) groups is 1. The summed E-state index contributed by atoms with van der Waals surface area (Å²) in [6.45, 7) is 6.48.